The van der Waals surface area contributed by atoms with Gasteiger partial charge in [-0.25, -0.2) is 0 Å². The Balaban J connectivity index is 2.88. The smallest absolute Gasteiger partial charge is 0.253 e. The van der Waals surface area contributed by atoms with Gasteiger partial charge in [0, 0.05) is 12.6 Å². The first kappa shape index (κ1) is 11.4. The van der Waals surface area contributed by atoms with Gasteiger partial charge in [-0.2, -0.15) is 5.26 Å². The summed E-state index contributed by atoms with van der Waals surface area (Å²) in [5.41, 5.74) is 0.542. The minimum atomic E-state index is -0.778. The lowest BCUT2D eigenvalue weighted by molar-refractivity contribution is -0.144. The van der Waals surface area contributed by atoms with E-state index < -0.39 is 5.92 Å². The molecule has 0 aromatic heterocycles. The van der Waals surface area contributed by atoms with Crippen molar-refractivity contribution in [1.29, 1.82) is 5.26 Å². The predicted molar refractivity (Wildman–Crippen MR) is 54.5 cm³/mol. The Kier molecular flexibility index (Phi) is 3.62. The molecule has 0 saturated heterocycles. The van der Waals surface area contributed by atoms with Crippen molar-refractivity contribution >= 4 is 11.8 Å². The second-order valence-electron chi connectivity index (χ2n) is 3.63. The van der Waals surface area contributed by atoms with Crippen LogP contribution in [0.2, 0.25) is 0 Å². The van der Waals surface area contributed by atoms with Gasteiger partial charge in [-0.05, 0) is 18.9 Å². The van der Waals surface area contributed by atoms with Crippen molar-refractivity contribution in [2.45, 2.75) is 26.7 Å². The standard InChI is InChI=1S/C11H14N2O2/c1-3-4-5-13-10(14)6-8(2)9(7-12)11(13)15/h6,9H,3-5H2,1-2H3. The Morgan fingerprint density at radius 2 is 2.20 bits per heavy atom. The zero-order valence-electron chi connectivity index (χ0n) is 8.99. The zero-order chi connectivity index (χ0) is 11.4. The van der Waals surface area contributed by atoms with Crippen molar-refractivity contribution in [1.82, 2.24) is 4.90 Å². The molecule has 0 aromatic rings. The molecule has 1 unspecified atom stereocenters. The molecule has 4 heteroatoms. The molecule has 1 rings (SSSR count). The number of hydrogen-bond acceptors (Lipinski definition) is 3. The molecule has 1 aliphatic heterocycles. The topological polar surface area (TPSA) is 61.2 Å². The van der Waals surface area contributed by atoms with Crippen molar-refractivity contribution in [2.75, 3.05) is 6.54 Å². The number of hydrogen-bond donors (Lipinski definition) is 0. The van der Waals surface area contributed by atoms with Crippen LogP contribution in [0.1, 0.15) is 26.7 Å². The van der Waals surface area contributed by atoms with Crippen molar-refractivity contribution in [3.63, 3.8) is 0 Å². The molecule has 0 aromatic carbocycles. The van der Waals surface area contributed by atoms with Crippen molar-refractivity contribution in [3.05, 3.63) is 11.6 Å². The third-order valence-electron chi connectivity index (χ3n) is 2.45. The van der Waals surface area contributed by atoms with Gasteiger partial charge in [-0.3, -0.25) is 14.5 Å². The second-order valence-corrected chi connectivity index (χ2v) is 3.63. The molecule has 80 valence electrons. The highest BCUT2D eigenvalue weighted by Gasteiger charge is 2.33. The summed E-state index contributed by atoms with van der Waals surface area (Å²) >= 11 is 0. The fraction of sp³-hybridized carbons (Fsp3) is 0.545. The van der Waals surface area contributed by atoms with Crippen LogP contribution in [0.5, 0.6) is 0 Å². The van der Waals surface area contributed by atoms with E-state index >= 15 is 0 Å². The molecule has 15 heavy (non-hydrogen) atoms. The SMILES string of the molecule is CCCCN1C(=O)C=C(C)C(C#N)C1=O. The van der Waals surface area contributed by atoms with Crippen molar-refractivity contribution in [3.8, 4) is 6.07 Å². The third kappa shape index (κ3) is 2.24. The van der Waals surface area contributed by atoms with E-state index in [9.17, 15) is 9.59 Å². The molecule has 1 heterocycles. The number of nitrogens with zero attached hydrogens (tertiary/aromatic N) is 2. The quantitative estimate of drug-likeness (QED) is 0.653. The molecular weight excluding hydrogens is 192 g/mol. The lowest BCUT2D eigenvalue weighted by Crippen LogP contribution is -2.44. The van der Waals surface area contributed by atoms with Gasteiger partial charge < -0.3 is 0 Å². The Morgan fingerprint density at radius 1 is 1.53 bits per heavy atom. The molecule has 0 saturated carbocycles. The van der Waals surface area contributed by atoms with Crippen LogP contribution in [0.15, 0.2) is 11.6 Å². The average Bonchev–Trinajstić information content (AvgIpc) is 2.17. The first-order chi connectivity index (χ1) is 7.11. The Labute approximate surface area is 89.2 Å². The number of amides is 2. The van der Waals surface area contributed by atoms with Crippen LogP contribution in [-0.2, 0) is 9.59 Å². The monoisotopic (exact) mass is 206 g/mol. The molecule has 1 atom stereocenters. The average molecular weight is 206 g/mol. The minimum absolute atomic E-state index is 0.294. The summed E-state index contributed by atoms with van der Waals surface area (Å²) in [5, 5.41) is 8.81. The number of carbonyl (C=O) groups excluding carboxylic acids is 2. The highest BCUT2D eigenvalue weighted by atomic mass is 16.2. The van der Waals surface area contributed by atoms with Gasteiger partial charge in [0.05, 0.1) is 6.07 Å². The van der Waals surface area contributed by atoms with E-state index in [2.05, 4.69) is 0 Å². The summed E-state index contributed by atoms with van der Waals surface area (Å²) in [6.45, 7) is 4.04. The summed E-state index contributed by atoms with van der Waals surface area (Å²) in [6.07, 6.45) is 3.07. The van der Waals surface area contributed by atoms with Crippen LogP contribution in [0.4, 0.5) is 0 Å². The van der Waals surface area contributed by atoms with Crippen LogP contribution in [-0.4, -0.2) is 23.3 Å². The van der Waals surface area contributed by atoms with E-state index in [1.165, 1.54) is 11.0 Å². The summed E-state index contributed by atoms with van der Waals surface area (Å²) in [6, 6.07) is 1.92. The summed E-state index contributed by atoms with van der Waals surface area (Å²) < 4.78 is 0. The number of imide groups is 1. The summed E-state index contributed by atoms with van der Waals surface area (Å²) in [5.74, 6) is -1.45. The third-order valence-corrected chi connectivity index (χ3v) is 2.45. The fourth-order valence-corrected chi connectivity index (χ4v) is 1.51. The number of unbranched alkanes of at least 4 members (excludes halogenated alkanes) is 1. The predicted octanol–water partition coefficient (Wildman–Crippen LogP) is 1.24. The van der Waals surface area contributed by atoms with Gasteiger partial charge in [0.2, 0.25) is 0 Å². The largest absolute Gasteiger partial charge is 0.278 e. The second kappa shape index (κ2) is 4.74. The molecule has 0 radical (unpaired) electrons. The van der Waals surface area contributed by atoms with Gasteiger partial charge >= 0.3 is 0 Å². The lowest BCUT2D eigenvalue weighted by Gasteiger charge is -2.26. The first-order valence-corrected chi connectivity index (χ1v) is 5.05. The maximum Gasteiger partial charge on any atom is 0.253 e. The molecule has 1 aliphatic rings. The molecule has 0 spiro atoms. The van der Waals surface area contributed by atoms with Gasteiger partial charge in [-0.1, -0.05) is 13.3 Å². The minimum Gasteiger partial charge on any atom is -0.278 e. The molecule has 0 aliphatic carbocycles. The van der Waals surface area contributed by atoms with E-state index in [-0.39, 0.29) is 11.8 Å². The van der Waals surface area contributed by atoms with E-state index in [0.29, 0.717) is 12.1 Å². The lowest BCUT2D eigenvalue weighted by atomic mass is 9.96. The van der Waals surface area contributed by atoms with Crippen LogP contribution >= 0.6 is 0 Å². The fourth-order valence-electron chi connectivity index (χ4n) is 1.51. The molecule has 0 bridgehead atoms. The van der Waals surface area contributed by atoms with Crippen LogP contribution < -0.4 is 0 Å². The van der Waals surface area contributed by atoms with Gasteiger partial charge in [-0.15, -0.1) is 0 Å². The number of carbonyl (C=O) groups is 2. The van der Waals surface area contributed by atoms with E-state index in [0.717, 1.165) is 12.8 Å². The van der Waals surface area contributed by atoms with Crippen LogP contribution in [0.25, 0.3) is 0 Å². The summed E-state index contributed by atoms with van der Waals surface area (Å²) in [4.78, 5) is 24.4. The molecular formula is C11H14N2O2. The first-order valence-electron chi connectivity index (χ1n) is 5.05. The van der Waals surface area contributed by atoms with E-state index in [1.807, 2.05) is 13.0 Å². The van der Waals surface area contributed by atoms with E-state index in [1.54, 1.807) is 6.92 Å². The molecule has 4 nitrogen and oxygen atoms in total. The molecule has 0 N–H and O–H groups in total. The number of nitriles is 1. The van der Waals surface area contributed by atoms with Crippen LogP contribution in [0, 0.1) is 17.2 Å². The number of rotatable bonds is 3. The molecule has 0 fully saturated rings. The normalized spacial score (nSPS) is 21.3. The van der Waals surface area contributed by atoms with Gasteiger partial charge in [0.15, 0.2) is 0 Å². The van der Waals surface area contributed by atoms with Gasteiger partial charge in [0.25, 0.3) is 11.8 Å². The van der Waals surface area contributed by atoms with Crippen molar-refractivity contribution < 1.29 is 9.59 Å². The van der Waals surface area contributed by atoms with Crippen molar-refractivity contribution in [2.24, 2.45) is 5.92 Å². The Bertz CT molecular complexity index is 352. The summed E-state index contributed by atoms with van der Waals surface area (Å²) in [7, 11) is 0. The maximum atomic E-state index is 11.7. The Hall–Kier alpha value is -1.63. The zero-order valence-corrected chi connectivity index (χ0v) is 8.99. The maximum absolute atomic E-state index is 11.7. The Morgan fingerprint density at radius 3 is 2.73 bits per heavy atom. The highest BCUT2D eigenvalue weighted by Crippen LogP contribution is 2.19. The molecule has 2 amide bonds. The van der Waals surface area contributed by atoms with E-state index in [4.69, 9.17) is 5.26 Å². The van der Waals surface area contributed by atoms with Gasteiger partial charge in [0.1, 0.15) is 5.92 Å². The highest BCUT2D eigenvalue weighted by molar-refractivity contribution is 6.07. The van der Waals surface area contributed by atoms with Crippen LogP contribution in [0.3, 0.4) is 0 Å².